The van der Waals surface area contributed by atoms with E-state index < -0.39 is 15.4 Å². The number of fused-ring (bicyclic) bond motifs is 4. The van der Waals surface area contributed by atoms with Crippen LogP contribution in [0.1, 0.15) is 37.7 Å². The summed E-state index contributed by atoms with van der Waals surface area (Å²) in [4.78, 5) is 20.2. The van der Waals surface area contributed by atoms with Crippen LogP contribution in [0.2, 0.25) is 0 Å². The van der Waals surface area contributed by atoms with Crippen LogP contribution in [-0.4, -0.2) is 30.3 Å². The van der Waals surface area contributed by atoms with Gasteiger partial charge in [0, 0.05) is 29.8 Å². The van der Waals surface area contributed by atoms with Gasteiger partial charge in [0.05, 0.1) is 22.2 Å². The second-order valence-corrected chi connectivity index (χ2v) is 11.1. The van der Waals surface area contributed by atoms with Crippen LogP contribution in [0.25, 0.3) is 22.2 Å². The fourth-order valence-corrected chi connectivity index (χ4v) is 7.12. The van der Waals surface area contributed by atoms with Gasteiger partial charge in [-0.05, 0) is 30.5 Å². The van der Waals surface area contributed by atoms with Gasteiger partial charge >= 0.3 is 0 Å². The first-order valence-electron chi connectivity index (χ1n) is 11.6. The molecule has 0 radical (unpaired) electrons. The molecule has 0 N–H and O–H groups in total. The number of rotatable bonds is 3. The summed E-state index contributed by atoms with van der Waals surface area (Å²) in [5.74, 6) is 0.0918. The van der Waals surface area contributed by atoms with Crippen LogP contribution in [0, 0.1) is 0 Å². The van der Waals surface area contributed by atoms with Crippen molar-refractivity contribution in [1.82, 2.24) is 8.96 Å². The van der Waals surface area contributed by atoms with Crippen LogP contribution >= 0.6 is 0 Å². The van der Waals surface area contributed by atoms with E-state index in [1.807, 2.05) is 30.3 Å². The number of benzene rings is 2. The highest BCUT2D eigenvalue weighted by Gasteiger charge is 2.52. The van der Waals surface area contributed by atoms with Crippen molar-refractivity contribution in [3.05, 3.63) is 78.6 Å². The Kier molecular flexibility index (Phi) is 4.68. The van der Waals surface area contributed by atoms with Crippen molar-refractivity contribution < 1.29 is 13.2 Å². The molecule has 1 aliphatic carbocycles. The first-order valence-corrected chi connectivity index (χ1v) is 13.1. The fourth-order valence-electron chi connectivity index (χ4n) is 5.78. The molecule has 0 bridgehead atoms. The minimum absolute atomic E-state index is 0.0918. The van der Waals surface area contributed by atoms with Gasteiger partial charge in [-0.2, -0.15) is 0 Å². The smallest absolute Gasteiger partial charge is 0.269 e. The average molecular weight is 472 g/mol. The van der Waals surface area contributed by atoms with E-state index in [-0.39, 0.29) is 10.8 Å². The Morgan fingerprint density at radius 1 is 0.912 bits per heavy atom. The van der Waals surface area contributed by atoms with Crippen molar-refractivity contribution in [1.29, 1.82) is 0 Å². The summed E-state index contributed by atoms with van der Waals surface area (Å²) in [5, 5.41) is 0.766. The molecule has 0 unspecified atom stereocenters. The second-order valence-electron chi connectivity index (χ2n) is 9.25. The van der Waals surface area contributed by atoms with E-state index >= 15 is 0 Å². The number of carbonyl (C=O) groups excluding carboxylic acids is 1. The molecule has 0 saturated heterocycles. The third-order valence-electron chi connectivity index (χ3n) is 7.41. The largest absolute Gasteiger partial charge is 0.313 e. The predicted octanol–water partition coefficient (Wildman–Crippen LogP) is 5.12. The Morgan fingerprint density at radius 3 is 2.24 bits per heavy atom. The lowest BCUT2D eigenvalue weighted by atomic mass is 9.69. The third kappa shape index (κ3) is 2.83. The van der Waals surface area contributed by atoms with Crippen molar-refractivity contribution in [3.63, 3.8) is 0 Å². The van der Waals surface area contributed by atoms with Gasteiger partial charge in [-0.3, -0.25) is 4.79 Å². The summed E-state index contributed by atoms with van der Waals surface area (Å²) in [6, 6.07) is 18.2. The Hall–Kier alpha value is -3.45. The van der Waals surface area contributed by atoms with Crippen LogP contribution < -0.4 is 4.90 Å². The molecule has 34 heavy (non-hydrogen) atoms. The van der Waals surface area contributed by atoms with Gasteiger partial charge in [-0.25, -0.2) is 17.4 Å². The van der Waals surface area contributed by atoms with E-state index in [9.17, 15) is 13.2 Å². The summed E-state index contributed by atoms with van der Waals surface area (Å²) in [5.41, 5.74) is 3.15. The molecule has 7 heteroatoms. The number of pyridine rings is 1. The van der Waals surface area contributed by atoms with Crippen LogP contribution in [0.3, 0.4) is 0 Å². The molecule has 1 fully saturated rings. The fraction of sp³-hybridized carbons (Fsp3) is 0.259. The molecule has 1 aliphatic heterocycles. The number of hydrogen-bond donors (Lipinski definition) is 0. The summed E-state index contributed by atoms with van der Waals surface area (Å²) in [6.45, 7) is 0. The highest BCUT2D eigenvalue weighted by Crippen LogP contribution is 2.53. The predicted molar refractivity (Wildman–Crippen MR) is 132 cm³/mol. The van der Waals surface area contributed by atoms with Crippen molar-refractivity contribution in [2.75, 3.05) is 11.9 Å². The maximum absolute atomic E-state index is 13.7. The monoisotopic (exact) mass is 471 g/mol. The minimum Gasteiger partial charge on any atom is -0.313 e. The van der Waals surface area contributed by atoms with Gasteiger partial charge in [0.15, 0.2) is 5.65 Å². The molecule has 3 heterocycles. The molecular formula is C27H25N3O3S. The van der Waals surface area contributed by atoms with E-state index in [1.54, 1.807) is 54.7 Å². The molecule has 1 spiro atoms. The highest BCUT2D eigenvalue weighted by molar-refractivity contribution is 7.90. The Labute approximate surface area is 198 Å². The lowest BCUT2D eigenvalue weighted by Gasteiger charge is -2.32. The van der Waals surface area contributed by atoms with Crippen molar-refractivity contribution in [2.24, 2.45) is 0 Å². The number of likely N-dealkylation sites (N-methyl/N-ethyl adjacent to an activating group) is 1. The van der Waals surface area contributed by atoms with Crippen molar-refractivity contribution in [3.8, 4) is 11.1 Å². The number of hydrogen-bond acceptors (Lipinski definition) is 4. The lowest BCUT2D eigenvalue weighted by molar-refractivity contribution is -0.124. The number of nitrogens with zero attached hydrogens (tertiary/aromatic N) is 3. The zero-order valence-corrected chi connectivity index (χ0v) is 19.8. The van der Waals surface area contributed by atoms with Gasteiger partial charge in [0.25, 0.3) is 10.0 Å². The molecule has 4 aromatic rings. The molecular weight excluding hydrogens is 446 g/mol. The van der Waals surface area contributed by atoms with E-state index in [0.29, 0.717) is 5.65 Å². The summed E-state index contributed by atoms with van der Waals surface area (Å²) in [6.07, 6.45) is 7.95. The van der Waals surface area contributed by atoms with Gasteiger partial charge in [-0.1, -0.05) is 67.8 Å². The number of aromatic nitrogens is 2. The third-order valence-corrected chi connectivity index (χ3v) is 9.07. The lowest BCUT2D eigenvalue weighted by Crippen LogP contribution is -2.40. The highest BCUT2D eigenvalue weighted by atomic mass is 32.2. The van der Waals surface area contributed by atoms with Crippen LogP contribution in [-0.2, 0) is 20.2 Å². The molecule has 1 amide bonds. The Balaban J connectivity index is 1.73. The first kappa shape index (κ1) is 21.1. The normalized spacial score (nSPS) is 17.4. The van der Waals surface area contributed by atoms with Gasteiger partial charge in [-0.15, -0.1) is 0 Å². The van der Waals surface area contributed by atoms with Gasteiger partial charge in [0.2, 0.25) is 5.91 Å². The first-order chi connectivity index (χ1) is 16.4. The molecule has 1 saturated carbocycles. The van der Waals surface area contributed by atoms with Crippen molar-refractivity contribution >= 4 is 32.7 Å². The second kappa shape index (κ2) is 7.53. The average Bonchev–Trinajstić information content (AvgIpc) is 3.37. The van der Waals surface area contributed by atoms with Gasteiger partial charge in [0.1, 0.15) is 0 Å². The molecule has 6 rings (SSSR count). The van der Waals surface area contributed by atoms with E-state index in [4.69, 9.17) is 0 Å². The number of amides is 1. The molecule has 172 valence electrons. The Bertz CT molecular complexity index is 1520. The maximum atomic E-state index is 13.7. The zero-order valence-electron chi connectivity index (χ0n) is 18.9. The summed E-state index contributed by atoms with van der Waals surface area (Å²) < 4.78 is 28.8. The van der Waals surface area contributed by atoms with Gasteiger partial charge < -0.3 is 4.90 Å². The molecule has 0 atom stereocenters. The SMILES string of the molecule is CN1C(=O)C2(CCCCC2)c2c1cnc1c2c(-c2ccccc2)cn1S(=O)(=O)c1ccccc1. The molecule has 2 aromatic heterocycles. The number of carbonyl (C=O) groups is 1. The Morgan fingerprint density at radius 2 is 1.56 bits per heavy atom. The van der Waals surface area contributed by atoms with E-state index in [0.717, 1.165) is 59.9 Å². The molecule has 2 aliphatic rings. The standard InChI is InChI=1S/C27H25N3O3S/c1-29-22-17-28-25-23(24(22)27(26(29)31)15-9-4-10-16-27)21(19-11-5-2-6-12-19)18-30(25)34(32,33)20-13-7-3-8-14-20/h2-3,5-8,11-14,17-18H,4,9-10,15-16H2,1H3. The van der Waals surface area contributed by atoms with E-state index in [1.165, 1.54) is 3.97 Å². The molecule has 2 aromatic carbocycles. The van der Waals surface area contributed by atoms with Crippen LogP contribution in [0.4, 0.5) is 5.69 Å². The quantitative estimate of drug-likeness (QED) is 0.416. The maximum Gasteiger partial charge on any atom is 0.269 e. The summed E-state index contributed by atoms with van der Waals surface area (Å²) in [7, 11) is -2.08. The molecule has 6 nitrogen and oxygen atoms in total. The summed E-state index contributed by atoms with van der Waals surface area (Å²) >= 11 is 0. The number of anilines is 1. The van der Waals surface area contributed by atoms with Crippen molar-refractivity contribution in [2.45, 2.75) is 42.4 Å². The minimum atomic E-state index is -3.88. The van der Waals surface area contributed by atoms with Crippen LogP contribution in [0.5, 0.6) is 0 Å². The zero-order chi connectivity index (χ0) is 23.5. The van der Waals surface area contributed by atoms with Crippen LogP contribution in [0.15, 0.2) is 78.0 Å². The van der Waals surface area contributed by atoms with E-state index in [2.05, 4.69) is 4.98 Å². The topological polar surface area (TPSA) is 72.3 Å².